The number of halogens is 1. The molecule has 0 aromatic rings. The van der Waals surface area contributed by atoms with E-state index in [1.807, 2.05) is 13.8 Å². The minimum absolute atomic E-state index is 0. The molecule has 8 heteroatoms. The molecule has 1 atom stereocenters. The summed E-state index contributed by atoms with van der Waals surface area (Å²) >= 11 is 0. The van der Waals surface area contributed by atoms with Crippen LogP contribution in [0.25, 0.3) is 0 Å². The Morgan fingerprint density at radius 1 is 1.30 bits per heavy atom. The third kappa shape index (κ3) is 4.05. The molecule has 0 spiro atoms. The molecule has 120 valence electrons. The largest absolute Gasteiger partial charge is 0.373 e. The third-order valence-corrected chi connectivity index (χ3v) is 5.81. The highest BCUT2D eigenvalue weighted by Crippen LogP contribution is 2.24. The quantitative estimate of drug-likeness (QED) is 0.816. The molecular formula is C12H26ClN3O3S. The van der Waals surface area contributed by atoms with Gasteiger partial charge in [0.25, 0.3) is 10.2 Å². The Bertz CT molecular complexity index is 416. The van der Waals surface area contributed by atoms with Gasteiger partial charge in [0.15, 0.2) is 0 Å². The van der Waals surface area contributed by atoms with Crippen molar-refractivity contribution < 1.29 is 13.2 Å². The lowest BCUT2D eigenvalue weighted by Crippen LogP contribution is -2.56. The molecule has 0 bridgehead atoms. The summed E-state index contributed by atoms with van der Waals surface area (Å²) in [5.41, 5.74) is 5.27. The van der Waals surface area contributed by atoms with Crippen LogP contribution in [0.1, 0.15) is 26.7 Å². The van der Waals surface area contributed by atoms with Gasteiger partial charge in [0.2, 0.25) is 0 Å². The van der Waals surface area contributed by atoms with Gasteiger partial charge in [0.05, 0.1) is 12.2 Å². The number of hydrogen-bond donors (Lipinski definition) is 1. The third-order valence-electron chi connectivity index (χ3n) is 3.86. The summed E-state index contributed by atoms with van der Waals surface area (Å²) in [4.78, 5) is 0. The van der Waals surface area contributed by atoms with Crippen LogP contribution in [0.3, 0.4) is 0 Å². The molecule has 20 heavy (non-hydrogen) atoms. The van der Waals surface area contributed by atoms with Crippen LogP contribution in [-0.2, 0) is 14.9 Å². The van der Waals surface area contributed by atoms with Gasteiger partial charge < -0.3 is 10.5 Å². The number of morpholine rings is 1. The maximum absolute atomic E-state index is 12.6. The van der Waals surface area contributed by atoms with Crippen molar-refractivity contribution in [1.82, 2.24) is 8.61 Å². The summed E-state index contributed by atoms with van der Waals surface area (Å²) in [6.45, 7) is 6.88. The average molecular weight is 328 g/mol. The molecule has 2 rings (SSSR count). The first-order chi connectivity index (χ1) is 8.85. The molecule has 2 heterocycles. The Balaban J connectivity index is 0.00000200. The molecule has 0 saturated carbocycles. The maximum Gasteiger partial charge on any atom is 0.282 e. The molecule has 2 aliphatic rings. The Kier molecular flexibility index (Phi) is 6.25. The van der Waals surface area contributed by atoms with Crippen molar-refractivity contribution in [3.05, 3.63) is 0 Å². The predicted molar refractivity (Wildman–Crippen MR) is 81.1 cm³/mol. The van der Waals surface area contributed by atoms with Crippen LogP contribution in [0.5, 0.6) is 0 Å². The van der Waals surface area contributed by atoms with E-state index in [0.29, 0.717) is 39.3 Å². The molecule has 0 amide bonds. The summed E-state index contributed by atoms with van der Waals surface area (Å²) in [7, 11) is -3.37. The molecule has 1 unspecified atom stereocenters. The van der Waals surface area contributed by atoms with Gasteiger partial charge in [-0.25, -0.2) is 0 Å². The summed E-state index contributed by atoms with van der Waals surface area (Å²) in [5.74, 6) is 0.289. The second-order valence-corrected chi connectivity index (χ2v) is 7.98. The number of ether oxygens (including phenoxy) is 1. The summed E-state index contributed by atoms with van der Waals surface area (Å²) < 4.78 is 34.0. The number of nitrogens with two attached hydrogens (primary N) is 1. The van der Waals surface area contributed by atoms with E-state index in [4.69, 9.17) is 10.5 Å². The molecular weight excluding hydrogens is 302 g/mol. The molecule has 6 nitrogen and oxygen atoms in total. The summed E-state index contributed by atoms with van der Waals surface area (Å²) in [6.07, 6.45) is 1.92. The Labute approximate surface area is 128 Å². The molecule has 2 saturated heterocycles. The Morgan fingerprint density at radius 3 is 2.60 bits per heavy atom. The molecule has 0 aromatic heterocycles. The van der Waals surface area contributed by atoms with Crippen molar-refractivity contribution in [3.63, 3.8) is 0 Å². The fourth-order valence-corrected chi connectivity index (χ4v) is 4.63. The van der Waals surface area contributed by atoms with Crippen LogP contribution in [-0.4, -0.2) is 62.0 Å². The molecule has 2 fully saturated rings. The Morgan fingerprint density at radius 2 is 2.00 bits per heavy atom. The van der Waals surface area contributed by atoms with E-state index in [9.17, 15) is 8.42 Å². The fourth-order valence-electron chi connectivity index (χ4n) is 2.76. The molecule has 2 N–H and O–H groups in total. The number of piperidine rings is 1. The van der Waals surface area contributed by atoms with Crippen LogP contribution in [0.4, 0.5) is 0 Å². The van der Waals surface area contributed by atoms with Crippen molar-refractivity contribution in [2.45, 2.75) is 32.3 Å². The SMILES string of the molecule is CC1(C)CN(S(=O)(=O)N2CCCC(CN)C2)CCO1.Cl. The molecule has 2 aliphatic heterocycles. The maximum atomic E-state index is 12.6. The molecule has 0 aliphatic carbocycles. The molecule has 0 aromatic carbocycles. The predicted octanol–water partition coefficient (Wildman–Crippen LogP) is 0.435. The van der Waals surface area contributed by atoms with Gasteiger partial charge in [-0.1, -0.05) is 0 Å². The zero-order valence-corrected chi connectivity index (χ0v) is 13.9. The van der Waals surface area contributed by atoms with E-state index in [1.165, 1.54) is 0 Å². The van der Waals surface area contributed by atoms with Crippen LogP contribution in [0.15, 0.2) is 0 Å². The fraction of sp³-hybridized carbons (Fsp3) is 1.00. The lowest BCUT2D eigenvalue weighted by Gasteiger charge is -2.41. The van der Waals surface area contributed by atoms with Gasteiger partial charge in [-0.05, 0) is 39.2 Å². The minimum Gasteiger partial charge on any atom is -0.373 e. The van der Waals surface area contributed by atoms with E-state index < -0.39 is 15.8 Å². The lowest BCUT2D eigenvalue weighted by atomic mass is 10.0. The normalized spacial score (nSPS) is 28.9. The first kappa shape index (κ1) is 18.1. The zero-order chi connectivity index (χ0) is 14.1. The van der Waals surface area contributed by atoms with Crippen LogP contribution in [0.2, 0.25) is 0 Å². The van der Waals surface area contributed by atoms with E-state index >= 15 is 0 Å². The Hall–Kier alpha value is 0.0800. The van der Waals surface area contributed by atoms with Gasteiger partial charge in [-0.2, -0.15) is 17.0 Å². The van der Waals surface area contributed by atoms with Gasteiger partial charge in [0.1, 0.15) is 0 Å². The highest BCUT2D eigenvalue weighted by Gasteiger charge is 2.38. The standard InChI is InChI=1S/C12H25N3O3S.ClH/c1-12(2)10-15(6-7-18-12)19(16,17)14-5-3-4-11(8-13)9-14;/h11H,3-10,13H2,1-2H3;1H. The van der Waals surface area contributed by atoms with Crippen molar-refractivity contribution >= 4 is 22.6 Å². The minimum atomic E-state index is -3.37. The van der Waals surface area contributed by atoms with E-state index in [0.717, 1.165) is 12.8 Å². The highest BCUT2D eigenvalue weighted by atomic mass is 35.5. The van der Waals surface area contributed by atoms with Gasteiger partial charge >= 0.3 is 0 Å². The number of nitrogens with zero attached hydrogens (tertiary/aromatic N) is 2. The van der Waals surface area contributed by atoms with E-state index in [-0.39, 0.29) is 18.3 Å². The first-order valence-electron chi connectivity index (χ1n) is 6.94. The van der Waals surface area contributed by atoms with E-state index in [1.54, 1.807) is 8.61 Å². The van der Waals surface area contributed by atoms with Crippen molar-refractivity contribution in [3.8, 4) is 0 Å². The van der Waals surface area contributed by atoms with Gasteiger partial charge in [-0.15, -0.1) is 12.4 Å². The number of rotatable bonds is 3. The molecule has 0 radical (unpaired) electrons. The zero-order valence-electron chi connectivity index (χ0n) is 12.2. The van der Waals surface area contributed by atoms with Crippen molar-refractivity contribution in [1.29, 1.82) is 0 Å². The van der Waals surface area contributed by atoms with Crippen LogP contribution < -0.4 is 5.73 Å². The monoisotopic (exact) mass is 327 g/mol. The van der Waals surface area contributed by atoms with Crippen LogP contribution >= 0.6 is 12.4 Å². The van der Waals surface area contributed by atoms with Crippen LogP contribution in [0, 0.1) is 5.92 Å². The van der Waals surface area contributed by atoms with Gasteiger partial charge in [-0.3, -0.25) is 0 Å². The van der Waals surface area contributed by atoms with Gasteiger partial charge in [0, 0.05) is 26.2 Å². The van der Waals surface area contributed by atoms with Crippen molar-refractivity contribution in [2.75, 3.05) is 39.3 Å². The highest BCUT2D eigenvalue weighted by molar-refractivity contribution is 7.86. The summed E-state index contributed by atoms with van der Waals surface area (Å²) in [6, 6.07) is 0. The lowest BCUT2D eigenvalue weighted by molar-refractivity contribution is -0.0654. The van der Waals surface area contributed by atoms with Crippen molar-refractivity contribution in [2.24, 2.45) is 11.7 Å². The topological polar surface area (TPSA) is 75.9 Å². The summed E-state index contributed by atoms with van der Waals surface area (Å²) in [5, 5.41) is 0. The first-order valence-corrected chi connectivity index (χ1v) is 8.34. The smallest absolute Gasteiger partial charge is 0.282 e. The second kappa shape index (κ2) is 6.89. The second-order valence-electron chi connectivity index (χ2n) is 6.05. The number of hydrogen-bond acceptors (Lipinski definition) is 4. The average Bonchev–Trinajstić information content (AvgIpc) is 2.37. The van der Waals surface area contributed by atoms with E-state index in [2.05, 4.69) is 0 Å².